The molecule has 0 fully saturated rings. The number of aromatic nitrogens is 1. The van der Waals surface area contributed by atoms with Crippen molar-refractivity contribution in [1.82, 2.24) is 10.3 Å². The summed E-state index contributed by atoms with van der Waals surface area (Å²) in [4.78, 5) is 15.9. The van der Waals surface area contributed by atoms with Gasteiger partial charge in [0.1, 0.15) is 6.10 Å². The van der Waals surface area contributed by atoms with Crippen molar-refractivity contribution in [2.24, 2.45) is 5.73 Å². The van der Waals surface area contributed by atoms with Crippen LogP contribution in [-0.2, 0) is 0 Å². The lowest BCUT2D eigenvalue weighted by molar-refractivity contribution is 0.100. The number of nitrogens with one attached hydrogen (secondary N) is 1. The van der Waals surface area contributed by atoms with Crippen molar-refractivity contribution in [2.75, 3.05) is 13.6 Å². The Morgan fingerprint density at radius 1 is 1.47 bits per heavy atom. The van der Waals surface area contributed by atoms with Crippen LogP contribution in [0.15, 0.2) is 30.3 Å². The largest absolute Gasteiger partial charge is 0.473 e. The Bertz CT molecular complexity index is 598. The van der Waals surface area contributed by atoms with Crippen LogP contribution in [0.5, 0.6) is 5.88 Å². The van der Waals surface area contributed by atoms with Crippen molar-refractivity contribution >= 4 is 16.8 Å². The summed E-state index contributed by atoms with van der Waals surface area (Å²) in [5.74, 6) is -0.0695. The highest BCUT2D eigenvalue weighted by atomic mass is 16.5. The number of nitrogens with two attached hydrogens (primary N) is 1. The molecule has 0 aliphatic rings. The van der Waals surface area contributed by atoms with Crippen molar-refractivity contribution in [3.63, 3.8) is 0 Å². The number of primary amides is 1. The second-order valence-corrected chi connectivity index (χ2v) is 4.38. The van der Waals surface area contributed by atoms with E-state index in [1.165, 1.54) is 0 Å². The maximum atomic E-state index is 11.5. The van der Waals surface area contributed by atoms with Gasteiger partial charge in [0.25, 0.3) is 0 Å². The fourth-order valence-electron chi connectivity index (χ4n) is 1.95. The molecule has 0 saturated heterocycles. The number of rotatable bonds is 5. The van der Waals surface area contributed by atoms with Crippen LogP contribution in [0.3, 0.4) is 0 Å². The zero-order chi connectivity index (χ0) is 13.8. The number of ether oxygens (including phenoxy) is 1. The number of pyridine rings is 1. The molecule has 1 atom stereocenters. The molecule has 5 heteroatoms. The average molecular weight is 259 g/mol. The van der Waals surface area contributed by atoms with Gasteiger partial charge in [-0.25, -0.2) is 4.98 Å². The minimum Gasteiger partial charge on any atom is -0.473 e. The van der Waals surface area contributed by atoms with E-state index in [4.69, 9.17) is 10.5 Å². The van der Waals surface area contributed by atoms with E-state index >= 15 is 0 Å². The van der Waals surface area contributed by atoms with Gasteiger partial charge in [0.2, 0.25) is 11.8 Å². The van der Waals surface area contributed by atoms with Crippen LogP contribution in [0.4, 0.5) is 0 Å². The molecule has 1 heterocycles. The number of hydrogen-bond donors (Lipinski definition) is 2. The molecule has 0 bridgehead atoms. The molecule has 3 N–H and O–H groups in total. The van der Waals surface area contributed by atoms with Crippen molar-refractivity contribution in [1.29, 1.82) is 0 Å². The second kappa shape index (κ2) is 5.67. The van der Waals surface area contributed by atoms with E-state index in [0.29, 0.717) is 23.5 Å². The van der Waals surface area contributed by atoms with E-state index in [1.54, 1.807) is 6.07 Å². The lowest BCUT2D eigenvalue weighted by Crippen LogP contribution is -2.26. The van der Waals surface area contributed by atoms with Crippen LogP contribution in [0.25, 0.3) is 10.9 Å². The first-order chi connectivity index (χ1) is 9.11. The van der Waals surface area contributed by atoms with Gasteiger partial charge in [-0.1, -0.05) is 18.2 Å². The zero-order valence-corrected chi connectivity index (χ0v) is 11.0. The number of hydrogen-bond acceptors (Lipinski definition) is 4. The number of nitrogens with zero attached hydrogens (tertiary/aromatic N) is 1. The Labute approximate surface area is 111 Å². The number of para-hydroxylation sites is 1. The molecule has 0 radical (unpaired) electrons. The molecule has 2 aromatic rings. The van der Waals surface area contributed by atoms with Crippen molar-refractivity contribution < 1.29 is 9.53 Å². The Hall–Kier alpha value is -2.14. The zero-order valence-electron chi connectivity index (χ0n) is 11.0. The van der Waals surface area contributed by atoms with Gasteiger partial charge >= 0.3 is 0 Å². The van der Waals surface area contributed by atoms with Crippen LogP contribution in [0.1, 0.15) is 17.3 Å². The molecule has 1 aromatic heterocycles. The van der Waals surface area contributed by atoms with Gasteiger partial charge in [-0.2, -0.15) is 0 Å². The minimum absolute atomic E-state index is 0.0422. The third kappa shape index (κ3) is 3.00. The first kappa shape index (κ1) is 13.3. The molecule has 1 unspecified atom stereocenters. The molecule has 0 aliphatic heterocycles. The molecular formula is C14H17N3O2. The average Bonchev–Trinajstić information content (AvgIpc) is 2.37. The minimum atomic E-state index is -0.482. The van der Waals surface area contributed by atoms with Gasteiger partial charge < -0.3 is 15.8 Å². The number of carbonyl (C=O) groups is 1. The molecule has 5 nitrogen and oxygen atoms in total. The molecule has 0 saturated carbocycles. The highest BCUT2D eigenvalue weighted by molar-refractivity contribution is 6.05. The SMILES string of the molecule is CNCC(C)Oc1cc(C(N)=O)c2ccccc2n1. The van der Waals surface area contributed by atoms with Gasteiger partial charge in [-0.15, -0.1) is 0 Å². The summed E-state index contributed by atoms with van der Waals surface area (Å²) in [6, 6.07) is 8.96. The number of carbonyl (C=O) groups excluding carboxylic acids is 1. The van der Waals surface area contributed by atoms with E-state index in [2.05, 4.69) is 10.3 Å². The number of likely N-dealkylation sites (N-methyl/N-ethyl adjacent to an activating group) is 1. The van der Waals surface area contributed by atoms with Crippen LogP contribution in [0, 0.1) is 0 Å². The predicted molar refractivity (Wildman–Crippen MR) is 74.3 cm³/mol. The van der Waals surface area contributed by atoms with Gasteiger partial charge in [0.15, 0.2) is 0 Å². The summed E-state index contributed by atoms with van der Waals surface area (Å²) in [6.07, 6.45) is -0.0422. The van der Waals surface area contributed by atoms with Gasteiger partial charge in [0.05, 0.1) is 11.1 Å². The number of amides is 1. The Morgan fingerprint density at radius 2 is 2.21 bits per heavy atom. The maximum Gasteiger partial charge on any atom is 0.249 e. The molecular weight excluding hydrogens is 242 g/mol. The van der Waals surface area contributed by atoms with Gasteiger partial charge in [0, 0.05) is 18.0 Å². The van der Waals surface area contributed by atoms with E-state index in [1.807, 2.05) is 38.2 Å². The summed E-state index contributed by atoms with van der Waals surface area (Å²) in [5, 5.41) is 3.76. The Balaban J connectivity index is 2.43. The van der Waals surface area contributed by atoms with Gasteiger partial charge in [-0.05, 0) is 20.0 Å². The summed E-state index contributed by atoms with van der Waals surface area (Å²) >= 11 is 0. The fraction of sp³-hybridized carbons (Fsp3) is 0.286. The standard InChI is InChI=1S/C14H17N3O2/c1-9(8-16-2)19-13-7-11(14(15)18)10-5-3-4-6-12(10)17-13/h3-7,9,16H,8H2,1-2H3,(H2,15,18). The second-order valence-electron chi connectivity index (χ2n) is 4.38. The molecule has 1 aromatic carbocycles. The Kier molecular flexibility index (Phi) is 3.97. The lowest BCUT2D eigenvalue weighted by atomic mass is 10.1. The third-order valence-electron chi connectivity index (χ3n) is 2.77. The van der Waals surface area contributed by atoms with Crippen molar-refractivity contribution in [2.45, 2.75) is 13.0 Å². The van der Waals surface area contributed by atoms with Crippen LogP contribution in [-0.4, -0.2) is 30.6 Å². The smallest absolute Gasteiger partial charge is 0.249 e. The number of benzene rings is 1. The third-order valence-corrected chi connectivity index (χ3v) is 2.77. The molecule has 0 aliphatic carbocycles. The maximum absolute atomic E-state index is 11.5. The summed E-state index contributed by atoms with van der Waals surface area (Å²) in [5.41, 5.74) is 6.53. The summed E-state index contributed by atoms with van der Waals surface area (Å²) in [6.45, 7) is 2.62. The van der Waals surface area contributed by atoms with Crippen LogP contribution < -0.4 is 15.8 Å². The summed E-state index contributed by atoms with van der Waals surface area (Å²) in [7, 11) is 1.85. The van der Waals surface area contributed by atoms with E-state index < -0.39 is 5.91 Å². The van der Waals surface area contributed by atoms with E-state index in [9.17, 15) is 4.79 Å². The fourth-order valence-corrected chi connectivity index (χ4v) is 1.95. The monoisotopic (exact) mass is 259 g/mol. The van der Waals surface area contributed by atoms with Crippen LogP contribution in [0.2, 0.25) is 0 Å². The number of fused-ring (bicyclic) bond motifs is 1. The quantitative estimate of drug-likeness (QED) is 0.849. The summed E-state index contributed by atoms with van der Waals surface area (Å²) < 4.78 is 5.67. The van der Waals surface area contributed by atoms with E-state index in [0.717, 1.165) is 5.39 Å². The normalized spacial score (nSPS) is 12.3. The predicted octanol–water partition coefficient (Wildman–Crippen LogP) is 1.32. The molecule has 100 valence electrons. The first-order valence-corrected chi connectivity index (χ1v) is 6.12. The topological polar surface area (TPSA) is 77.2 Å². The van der Waals surface area contributed by atoms with Crippen LogP contribution >= 0.6 is 0 Å². The molecule has 1 amide bonds. The highest BCUT2D eigenvalue weighted by Gasteiger charge is 2.12. The first-order valence-electron chi connectivity index (χ1n) is 6.12. The van der Waals surface area contributed by atoms with E-state index in [-0.39, 0.29) is 6.10 Å². The lowest BCUT2D eigenvalue weighted by Gasteiger charge is -2.14. The molecule has 19 heavy (non-hydrogen) atoms. The Morgan fingerprint density at radius 3 is 2.89 bits per heavy atom. The van der Waals surface area contributed by atoms with Gasteiger partial charge in [-0.3, -0.25) is 4.79 Å². The molecule has 0 spiro atoms. The van der Waals surface area contributed by atoms with Crippen molar-refractivity contribution in [3.05, 3.63) is 35.9 Å². The highest BCUT2D eigenvalue weighted by Crippen LogP contribution is 2.22. The van der Waals surface area contributed by atoms with Crippen molar-refractivity contribution in [3.8, 4) is 5.88 Å². The molecule has 2 rings (SSSR count).